The molecule has 0 fully saturated rings. The Balaban J connectivity index is 1.85. The van der Waals surface area contributed by atoms with Crippen molar-refractivity contribution in [1.29, 1.82) is 0 Å². The zero-order valence-electron chi connectivity index (χ0n) is 22.6. The van der Waals surface area contributed by atoms with Crippen LogP contribution in [0.1, 0.15) is 36.5 Å². The van der Waals surface area contributed by atoms with Crippen molar-refractivity contribution in [3.63, 3.8) is 0 Å². The molecule has 0 aromatic heterocycles. The number of likely N-dealkylation sites (N-methyl/N-ethyl adjacent to an activating group) is 1. The minimum Gasteiger partial charge on any atom is -0.355 e. The second-order valence-corrected chi connectivity index (χ2v) is 11.9. The molecule has 3 rings (SSSR count). The SMILES string of the molecule is CCNC(=O)[C@@H](Cc1ccccc1)N(Cc1cccc(Cl)c1)C(=O)CCCN(c1ccc(C)cc1)S(C)(=O)=O. The van der Waals surface area contributed by atoms with Crippen LogP contribution in [0, 0.1) is 6.92 Å². The quantitative estimate of drug-likeness (QED) is 0.315. The molecule has 2 amide bonds. The summed E-state index contributed by atoms with van der Waals surface area (Å²) in [5, 5.41) is 3.41. The normalized spacial score (nSPS) is 12.0. The van der Waals surface area contributed by atoms with Crippen LogP contribution in [0.2, 0.25) is 5.02 Å². The van der Waals surface area contributed by atoms with Gasteiger partial charge < -0.3 is 10.2 Å². The largest absolute Gasteiger partial charge is 0.355 e. The Morgan fingerprint density at radius 1 is 0.949 bits per heavy atom. The number of nitrogens with zero attached hydrogens (tertiary/aromatic N) is 2. The molecule has 3 aromatic rings. The van der Waals surface area contributed by atoms with E-state index >= 15 is 0 Å². The highest BCUT2D eigenvalue weighted by Gasteiger charge is 2.30. The molecule has 0 aliphatic rings. The second kappa shape index (κ2) is 14.1. The van der Waals surface area contributed by atoms with E-state index in [0.717, 1.165) is 22.9 Å². The number of carbonyl (C=O) groups excluding carboxylic acids is 2. The van der Waals surface area contributed by atoms with Gasteiger partial charge in [0.25, 0.3) is 0 Å². The maximum absolute atomic E-state index is 13.7. The first kappa shape index (κ1) is 30.2. The molecule has 0 radical (unpaired) electrons. The topological polar surface area (TPSA) is 86.8 Å². The molecule has 0 bridgehead atoms. The minimum atomic E-state index is -3.55. The molecule has 9 heteroatoms. The van der Waals surface area contributed by atoms with Crippen LogP contribution in [0.4, 0.5) is 5.69 Å². The van der Waals surface area contributed by atoms with Gasteiger partial charge >= 0.3 is 0 Å². The van der Waals surface area contributed by atoms with Crippen molar-refractivity contribution in [2.75, 3.05) is 23.7 Å². The fraction of sp³-hybridized carbons (Fsp3) is 0.333. The Bertz CT molecular complexity index is 1350. The van der Waals surface area contributed by atoms with Gasteiger partial charge in [0.15, 0.2) is 0 Å². The smallest absolute Gasteiger partial charge is 0.243 e. The third-order valence-corrected chi connectivity index (χ3v) is 7.77. The van der Waals surface area contributed by atoms with Crippen LogP contribution in [-0.4, -0.2) is 50.5 Å². The second-order valence-electron chi connectivity index (χ2n) is 9.53. The van der Waals surface area contributed by atoms with Crippen molar-refractivity contribution in [2.24, 2.45) is 0 Å². The Hall–Kier alpha value is -3.36. The zero-order chi connectivity index (χ0) is 28.4. The Morgan fingerprint density at radius 3 is 2.23 bits per heavy atom. The first-order valence-corrected chi connectivity index (χ1v) is 15.2. The van der Waals surface area contributed by atoms with Crippen LogP contribution < -0.4 is 9.62 Å². The number of benzene rings is 3. The molecule has 0 heterocycles. The van der Waals surface area contributed by atoms with Crippen molar-refractivity contribution in [1.82, 2.24) is 10.2 Å². The number of rotatable bonds is 13. The highest BCUT2D eigenvalue weighted by Crippen LogP contribution is 2.21. The summed E-state index contributed by atoms with van der Waals surface area (Å²) >= 11 is 6.21. The van der Waals surface area contributed by atoms with Crippen LogP contribution >= 0.6 is 11.6 Å². The fourth-order valence-electron chi connectivity index (χ4n) is 4.39. The number of aryl methyl sites for hydroxylation is 1. The molecule has 208 valence electrons. The lowest BCUT2D eigenvalue weighted by atomic mass is 10.0. The van der Waals surface area contributed by atoms with E-state index in [4.69, 9.17) is 11.6 Å². The predicted octanol–water partition coefficient (Wildman–Crippen LogP) is 4.97. The van der Waals surface area contributed by atoms with Gasteiger partial charge in [-0.15, -0.1) is 0 Å². The van der Waals surface area contributed by atoms with Crippen LogP contribution in [0.5, 0.6) is 0 Å². The number of carbonyl (C=O) groups is 2. The van der Waals surface area contributed by atoms with E-state index in [1.54, 1.807) is 29.2 Å². The van der Waals surface area contributed by atoms with Crippen LogP contribution in [0.25, 0.3) is 0 Å². The molecule has 39 heavy (non-hydrogen) atoms. The van der Waals surface area contributed by atoms with Crippen molar-refractivity contribution >= 4 is 39.1 Å². The van der Waals surface area contributed by atoms with Crippen molar-refractivity contribution < 1.29 is 18.0 Å². The van der Waals surface area contributed by atoms with Gasteiger partial charge in [-0.1, -0.05) is 71.8 Å². The van der Waals surface area contributed by atoms with E-state index in [0.29, 0.717) is 30.1 Å². The number of sulfonamides is 1. The van der Waals surface area contributed by atoms with Gasteiger partial charge in [0.05, 0.1) is 11.9 Å². The Labute approximate surface area is 236 Å². The molecular weight excluding hydrogens is 534 g/mol. The Morgan fingerprint density at radius 2 is 1.62 bits per heavy atom. The third kappa shape index (κ3) is 9.11. The third-order valence-electron chi connectivity index (χ3n) is 6.34. The summed E-state index contributed by atoms with van der Waals surface area (Å²) in [4.78, 5) is 28.6. The van der Waals surface area contributed by atoms with Gasteiger partial charge in [-0.25, -0.2) is 8.42 Å². The first-order valence-electron chi connectivity index (χ1n) is 13.0. The van der Waals surface area contributed by atoms with Crippen molar-refractivity contribution in [3.05, 3.63) is 101 Å². The van der Waals surface area contributed by atoms with Gasteiger partial charge in [0, 0.05) is 37.5 Å². The molecule has 0 aliphatic carbocycles. The summed E-state index contributed by atoms with van der Waals surface area (Å²) in [7, 11) is -3.55. The number of halogens is 1. The van der Waals surface area contributed by atoms with E-state index in [1.165, 1.54) is 4.31 Å². The van der Waals surface area contributed by atoms with E-state index in [1.807, 2.05) is 68.4 Å². The molecule has 0 saturated heterocycles. The lowest BCUT2D eigenvalue weighted by Crippen LogP contribution is -2.50. The van der Waals surface area contributed by atoms with E-state index < -0.39 is 16.1 Å². The standard InChI is InChI=1S/C30H36ClN3O4S/c1-4-32-30(36)28(21-24-10-6-5-7-11-24)33(22-25-12-8-13-26(31)20-25)29(35)14-9-19-34(39(3,37)38)27-17-15-23(2)16-18-27/h5-8,10-13,15-18,20,28H,4,9,14,19,21-22H2,1-3H3,(H,32,36)/t28-/m1/s1. The molecule has 0 saturated carbocycles. The monoisotopic (exact) mass is 569 g/mol. The summed E-state index contributed by atoms with van der Waals surface area (Å²) < 4.78 is 26.4. The van der Waals surface area contributed by atoms with E-state index in [2.05, 4.69) is 5.32 Å². The van der Waals surface area contributed by atoms with Crippen LogP contribution in [0.15, 0.2) is 78.9 Å². The molecule has 0 spiro atoms. The lowest BCUT2D eigenvalue weighted by molar-refractivity contribution is -0.141. The van der Waals surface area contributed by atoms with Crippen molar-refractivity contribution in [2.45, 2.75) is 45.7 Å². The maximum atomic E-state index is 13.7. The minimum absolute atomic E-state index is 0.0726. The highest BCUT2D eigenvalue weighted by atomic mass is 35.5. The summed E-state index contributed by atoms with van der Waals surface area (Å²) in [6.45, 7) is 4.54. The number of hydrogen-bond donors (Lipinski definition) is 1. The predicted molar refractivity (Wildman–Crippen MR) is 157 cm³/mol. The average molecular weight is 570 g/mol. The summed E-state index contributed by atoms with van der Waals surface area (Å²) in [6, 6.07) is 23.3. The zero-order valence-corrected chi connectivity index (χ0v) is 24.2. The summed E-state index contributed by atoms with van der Waals surface area (Å²) in [6.07, 6.45) is 1.87. The molecule has 1 atom stereocenters. The summed E-state index contributed by atoms with van der Waals surface area (Å²) in [5.74, 6) is -0.478. The number of amides is 2. The van der Waals surface area contributed by atoms with Gasteiger partial charge in [0.1, 0.15) is 6.04 Å². The van der Waals surface area contributed by atoms with Crippen LogP contribution in [0.3, 0.4) is 0 Å². The number of nitrogens with one attached hydrogen (secondary N) is 1. The molecule has 7 nitrogen and oxygen atoms in total. The molecule has 0 aliphatic heterocycles. The van der Waals surface area contributed by atoms with Gasteiger partial charge in [-0.05, 0) is 55.7 Å². The van der Waals surface area contributed by atoms with Gasteiger partial charge in [-0.3, -0.25) is 13.9 Å². The van der Waals surface area contributed by atoms with Crippen molar-refractivity contribution in [3.8, 4) is 0 Å². The molecule has 3 aromatic carbocycles. The Kier molecular flexibility index (Phi) is 10.9. The molecular formula is C30H36ClN3O4S. The molecule has 0 unspecified atom stereocenters. The fourth-order valence-corrected chi connectivity index (χ4v) is 5.57. The summed E-state index contributed by atoms with van der Waals surface area (Å²) in [5.41, 5.74) is 3.31. The average Bonchev–Trinajstić information content (AvgIpc) is 2.89. The number of hydrogen-bond acceptors (Lipinski definition) is 4. The van der Waals surface area contributed by atoms with Gasteiger partial charge in [0.2, 0.25) is 21.8 Å². The highest BCUT2D eigenvalue weighted by molar-refractivity contribution is 7.92. The maximum Gasteiger partial charge on any atom is 0.243 e. The lowest BCUT2D eigenvalue weighted by Gasteiger charge is -2.32. The molecule has 1 N–H and O–H groups in total. The van der Waals surface area contributed by atoms with E-state index in [-0.39, 0.29) is 31.3 Å². The van der Waals surface area contributed by atoms with Crippen LogP contribution in [-0.2, 0) is 32.6 Å². The van der Waals surface area contributed by atoms with E-state index in [9.17, 15) is 18.0 Å². The van der Waals surface area contributed by atoms with Gasteiger partial charge in [-0.2, -0.15) is 0 Å². The first-order chi connectivity index (χ1) is 18.6. The number of anilines is 1.